The number of para-hydroxylation sites is 2. The van der Waals surface area contributed by atoms with Crippen molar-refractivity contribution in [3.63, 3.8) is 0 Å². The van der Waals surface area contributed by atoms with Gasteiger partial charge in [-0.1, -0.05) is 30.3 Å². The van der Waals surface area contributed by atoms with Gasteiger partial charge in [-0.3, -0.25) is 9.59 Å². The number of benzene rings is 2. The van der Waals surface area contributed by atoms with E-state index in [2.05, 4.69) is 10.2 Å². The van der Waals surface area contributed by atoms with Crippen molar-refractivity contribution < 1.29 is 14.3 Å². The molecule has 3 N–H and O–H groups in total. The fraction of sp³-hybridized carbons (Fsp3) is 0.364. The van der Waals surface area contributed by atoms with Crippen LogP contribution in [-0.2, 0) is 4.79 Å². The number of ether oxygens (including phenoxy) is 1. The van der Waals surface area contributed by atoms with Crippen molar-refractivity contribution in [3.05, 3.63) is 60.2 Å². The van der Waals surface area contributed by atoms with Crippen LogP contribution in [0.25, 0.3) is 0 Å². The van der Waals surface area contributed by atoms with Crippen LogP contribution in [0.2, 0.25) is 0 Å². The van der Waals surface area contributed by atoms with E-state index in [-0.39, 0.29) is 17.7 Å². The second-order valence-corrected chi connectivity index (χ2v) is 7.06. The first kappa shape index (κ1) is 19.9. The fourth-order valence-electron chi connectivity index (χ4n) is 3.45. The van der Waals surface area contributed by atoms with Crippen LogP contribution in [0.15, 0.2) is 54.6 Å². The predicted octanol–water partition coefficient (Wildman–Crippen LogP) is 2.80. The van der Waals surface area contributed by atoms with Crippen LogP contribution in [-0.4, -0.2) is 42.9 Å². The molecule has 0 radical (unpaired) electrons. The normalized spacial score (nSPS) is 17.1. The number of rotatable bonds is 8. The van der Waals surface area contributed by atoms with Gasteiger partial charge in [0.15, 0.2) is 0 Å². The SMILES string of the molecule is NC(=O)[C@H]1CCCN(CCCNC(=O)c2ccccc2Oc2ccccc2)C1. The number of likely N-dealkylation sites (tertiary alicyclic amines) is 1. The summed E-state index contributed by atoms with van der Waals surface area (Å²) in [6, 6.07) is 16.6. The molecule has 28 heavy (non-hydrogen) atoms. The van der Waals surface area contributed by atoms with Crippen LogP contribution in [0.1, 0.15) is 29.6 Å². The van der Waals surface area contributed by atoms with Gasteiger partial charge in [0, 0.05) is 13.1 Å². The summed E-state index contributed by atoms with van der Waals surface area (Å²) >= 11 is 0. The lowest BCUT2D eigenvalue weighted by atomic mass is 9.97. The Bertz CT molecular complexity index is 795. The average molecular weight is 381 g/mol. The first-order valence-electron chi connectivity index (χ1n) is 9.75. The summed E-state index contributed by atoms with van der Waals surface area (Å²) in [5.74, 6) is 0.807. The van der Waals surface area contributed by atoms with Gasteiger partial charge in [0.2, 0.25) is 5.91 Å². The molecule has 1 aliphatic rings. The Labute approximate surface area is 165 Å². The average Bonchev–Trinajstić information content (AvgIpc) is 2.72. The molecule has 1 aliphatic heterocycles. The molecule has 1 heterocycles. The van der Waals surface area contributed by atoms with Crippen LogP contribution in [0.4, 0.5) is 0 Å². The van der Waals surface area contributed by atoms with E-state index in [1.54, 1.807) is 12.1 Å². The number of hydrogen-bond donors (Lipinski definition) is 2. The van der Waals surface area contributed by atoms with Crippen molar-refractivity contribution in [1.29, 1.82) is 0 Å². The molecule has 0 bridgehead atoms. The van der Waals surface area contributed by atoms with Crippen molar-refractivity contribution in [3.8, 4) is 11.5 Å². The monoisotopic (exact) mass is 381 g/mol. The Balaban J connectivity index is 1.48. The Morgan fingerprint density at radius 2 is 1.86 bits per heavy atom. The summed E-state index contributed by atoms with van der Waals surface area (Å²) < 4.78 is 5.85. The van der Waals surface area contributed by atoms with Crippen molar-refractivity contribution in [2.45, 2.75) is 19.3 Å². The minimum Gasteiger partial charge on any atom is -0.457 e. The molecule has 6 nitrogen and oxygen atoms in total. The number of piperidine rings is 1. The van der Waals surface area contributed by atoms with Crippen molar-refractivity contribution in [1.82, 2.24) is 10.2 Å². The van der Waals surface area contributed by atoms with E-state index in [1.165, 1.54) is 0 Å². The molecule has 0 aliphatic carbocycles. The number of nitrogens with one attached hydrogen (secondary N) is 1. The van der Waals surface area contributed by atoms with E-state index in [1.807, 2.05) is 42.5 Å². The van der Waals surface area contributed by atoms with E-state index in [4.69, 9.17) is 10.5 Å². The number of carbonyl (C=O) groups is 2. The lowest BCUT2D eigenvalue weighted by molar-refractivity contribution is -0.123. The highest BCUT2D eigenvalue weighted by Crippen LogP contribution is 2.25. The van der Waals surface area contributed by atoms with E-state index >= 15 is 0 Å². The van der Waals surface area contributed by atoms with Gasteiger partial charge in [-0.2, -0.15) is 0 Å². The molecular weight excluding hydrogens is 354 g/mol. The highest BCUT2D eigenvalue weighted by Gasteiger charge is 2.23. The maximum Gasteiger partial charge on any atom is 0.255 e. The molecule has 6 heteroatoms. The third-order valence-corrected chi connectivity index (χ3v) is 4.95. The zero-order valence-electron chi connectivity index (χ0n) is 16.0. The Morgan fingerprint density at radius 1 is 1.11 bits per heavy atom. The van der Waals surface area contributed by atoms with Gasteiger partial charge in [0.25, 0.3) is 5.91 Å². The molecule has 0 saturated carbocycles. The lowest BCUT2D eigenvalue weighted by Crippen LogP contribution is -2.42. The lowest BCUT2D eigenvalue weighted by Gasteiger charge is -2.31. The summed E-state index contributed by atoms with van der Waals surface area (Å²) in [6.07, 6.45) is 2.68. The molecular formula is C22H27N3O3. The van der Waals surface area contributed by atoms with E-state index in [0.29, 0.717) is 23.6 Å². The van der Waals surface area contributed by atoms with Crippen LogP contribution in [0.5, 0.6) is 11.5 Å². The maximum absolute atomic E-state index is 12.6. The number of hydrogen-bond acceptors (Lipinski definition) is 4. The van der Waals surface area contributed by atoms with Crippen LogP contribution >= 0.6 is 0 Å². The molecule has 1 fully saturated rings. The van der Waals surface area contributed by atoms with Crippen LogP contribution in [0.3, 0.4) is 0 Å². The summed E-state index contributed by atoms with van der Waals surface area (Å²) in [7, 11) is 0. The minimum absolute atomic E-state index is 0.0506. The standard InChI is InChI=1S/C22H27N3O3/c23-21(26)17-8-6-14-25(16-17)15-7-13-24-22(27)19-11-4-5-12-20(19)28-18-9-2-1-3-10-18/h1-5,9-12,17H,6-8,13-16H2,(H2,23,26)(H,24,27)/t17-/m0/s1. The van der Waals surface area contributed by atoms with Gasteiger partial charge in [-0.15, -0.1) is 0 Å². The molecule has 0 spiro atoms. The summed E-state index contributed by atoms with van der Waals surface area (Å²) in [5.41, 5.74) is 5.94. The number of nitrogens with zero attached hydrogens (tertiary/aromatic N) is 1. The molecule has 0 unspecified atom stereocenters. The topological polar surface area (TPSA) is 84.7 Å². The summed E-state index contributed by atoms with van der Waals surface area (Å²) in [6.45, 7) is 3.10. The Morgan fingerprint density at radius 3 is 2.64 bits per heavy atom. The van der Waals surface area contributed by atoms with Crippen LogP contribution in [0, 0.1) is 5.92 Å². The molecule has 1 saturated heterocycles. The van der Waals surface area contributed by atoms with Crippen molar-refractivity contribution >= 4 is 11.8 Å². The van der Waals surface area contributed by atoms with E-state index < -0.39 is 0 Å². The predicted molar refractivity (Wildman–Crippen MR) is 108 cm³/mol. The van der Waals surface area contributed by atoms with Gasteiger partial charge >= 0.3 is 0 Å². The Hall–Kier alpha value is -2.86. The van der Waals surface area contributed by atoms with Gasteiger partial charge in [0.05, 0.1) is 11.5 Å². The van der Waals surface area contributed by atoms with Gasteiger partial charge < -0.3 is 20.7 Å². The molecule has 0 aromatic heterocycles. The highest BCUT2D eigenvalue weighted by molar-refractivity contribution is 5.97. The van der Waals surface area contributed by atoms with Gasteiger partial charge in [-0.05, 0) is 56.6 Å². The second kappa shape index (κ2) is 9.90. The third-order valence-electron chi connectivity index (χ3n) is 4.95. The van der Waals surface area contributed by atoms with E-state index in [9.17, 15) is 9.59 Å². The number of primary amides is 1. The van der Waals surface area contributed by atoms with E-state index in [0.717, 1.165) is 38.9 Å². The largest absolute Gasteiger partial charge is 0.457 e. The van der Waals surface area contributed by atoms with Crippen molar-refractivity contribution in [2.75, 3.05) is 26.2 Å². The summed E-state index contributed by atoms with van der Waals surface area (Å²) in [5, 5.41) is 2.96. The van der Waals surface area contributed by atoms with Crippen LogP contribution < -0.4 is 15.8 Å². The number of amides is 2. The maximum atomic E-state index is 12.6. The fourth-order valence-corrected chi connectivity index (χ4v) is 3.45. The zero-order valence-corrected chi connectivity index (χ0v) is 16.0. The molecule has 3 rings (SSSR count). The zero-order chi connectivity index (χ0) is 19.8. The first-order valence-corrected chi connectivity index (χ1v) is 9.75. The van der Waals surface area contributed by atoms with Crippen molar-refractivity contribution in [2.24, 2.45) is 11.7 Å². The molecule has 148 valence electrons. The Kier molecular flexibility index (Phi) is 7.03. The smallest absolute Gasteiger partial charge is 0.255 e. The summed E-state index contributed by atoms with van der Waals surface area (Å²) in [4.78, 5) is 26.2. The molecule has 1 atom stereocenters. The third kappa shape index (κ3) is 5.57. The second-order valence-electron chi connectivity index (χ2n) is 7.06. The quantitative estimate of drug-likeness (QED) is 0.689. The van der Waals surface area contributed by atoms with Gasteiger partial charge in [0.1, 0.15) is 11.5 Å². The molecule has 2 aromatic carbocycles. The molecule has 2 amide bonds. The minimum atomic E-state index is -0.215. The number of nitrogens with two attached hydrogens (primary N) is 1. The highest BCUT2D eigenvalue weighted by atomic mass is 16.5. The first-order chi connectivity index (χ1) is 13.6. The molecule has 2 aromatic rings. The van der Waals surface area contributed by atoms with Gasteiger partial charge in [-0.25, -0.2) is 0 Å². The number of carbonyl (C=O) groups excluding carboxylic acids is 2.